The van der Waals surface area contributed by atoms with Crippen LogP contribution >= 0.6 is 10.7 Å². The van der Waals surface area contributed by atoms with Crippen LogP contribution in [0, 0.1) is 10.8 Å². The predicted molar refractivity (Wildman–Crippen MR) is 59.4 cm³/mol. The fraction of sp³-hybridized carbons (Fsp3) is 1.00. The van der Waals surface area contributed by atoms with Crippen LogP contribution in [0.3, 0.4) is 0 Å². The minimum atomic E-state index is -3.44. The van der Waals surface area contributed by atoms with E-state index in [1.807, 2.05) is 0 Å². The van der Waals surface area contributed by atoms with Crippen molar-refractivity contribution in [3.8, 4) is 0 Å². The molecule has 3 nitrogen and oxygen atoms in total. The maximum Gasteiger partial charge on any atom is 0.235 e. The topological polar surface area (TPSA) is 43.4 Å². The maximum atomic E-state index is 11.1. The van der Waals surface area contributed by atoms with Gasteiger partial charge in [0.25, 0.3) is 0 Å². The van der Waals surface area contributed by atoms with Crippen molar-refractivity contribution in [1.29, 1.82) is 0 Å². The molecule has 0 aromatic carbocycles. The quantitative estimate of drug-likeness (QED) is 0.708. The molecule has 0 bridgehead atoms. The summed E-state index contributed by atoms with van der Waals surface area (Å²) in [5.41, 5.74) is 0.424. The Morgan fingerprint density at radius 3 is 2.47 bits per heavy atom. The zero-order chi connectivity index (χ0) is 11.3. The lowest BCUT2D eigenvalue weighted by Crippen LogP contribution is -2.49. The largest absolute Gasteiger partial charge is 0.377 e. The standard InChI is InChI=1S/C10H17ClO3S/c1-9(2)6-10(7-9)3-4-14-8(10)5-15(11,12)13/h8H,3-7H2,1-2H3. The zero-order valence-corrected chi connectivity index (χ0v) is 10.7. The third-order valence-corrected chi connectivity index (χ3v) is 4.69. The van der Waals surface area contributed by atoms with Gasteiger partial charge in [-0.25, -0.2) is 8.42 Å². The van der Waals surface area contributed by atoms with E-state index < -0.39 is 9.05 Å². The van der Waals surface area contributed by atoms with Crippen molar-refractivity contribution < 1.29 is 13.2 Å². The second kappa shape index (κ2) is 3.34. The molecule has 0 N–H and O–H groups in total. The molecule has 1 aliphatic heterocycles. The first-order valence-corrected chi connectivity index (χ1v) is 7.74. The Labute approximate surface area is 95.6 Å². The van der Waals surface area contributed by atoms with E-state index >= 15 is 0 Å². The molecule has 2 rings (SSSR count). The van der Waals surface area contributed by atoms with Gasteiger partial charge in [0.15, 0.2) is 0 Å². The van der Waals surface area contributed by atoms with Crippen LogP contribution in [0.25, 0.3) is 0 Å². The molecule has 1 heterocycles. The van der Waals surface area contributed by atoms with Gasteiger partial charge in [-0.3, -0.25) is 0 Å². The Morgan fingerprint density at radius 1 is 1.40 bits per heavy atom. The van der Waals surface area contributed by atoms with Gasteiger partial charge in [-0.1, -0.05) is 13.8 Å². The molecular formula is C10H17ClO3S. The summed E-state index contributed by atoms with van der Waals surface area (Å²) in [5, 5.41) is 0. The summed E-state index contributed by atoms with van der Waals surface area (Å²) in [4.78, 5) is 0. The van der Waals surface area contributed by atoms with E-state index in [4.69, 9.17) is 15.4 Å². The molecule has 1 atom stereocenters. The molecule has 0 aromatic rings. The molecule has 0 radical (unpaired) electrons. The highest BCUT2D eigenvalue weighted by molar-refractivity contribution is 8.13. The summed E-state index contributed by atoms with van der Waals surface area (Å²) >= 11 is 0. The average Bonchev–Trinajstić information content (AvgIpc) is 2.27. The summed E-state index contributed by atoms with van der Waals surface area (Å²) in [5.74, 6) is -0.0371. The van der Waals surface area contributed by atoms with E-state index in [0.29, 0.717) is 12.0 Å². The fourth-order valence-corrected chi connectivity index (χ4v) is 4.56. The lowest BCUT2D eigenvalue weighted by Gasteiger charge is -2.53. The first-order valence-electron chi connectivity index (χ1n) is 5.27. The van der Waals surface area contributed by atoms with E-state index in [9.17, 15) is 8.42 Å². The average molecular weight is 253 g/mol. The van der Waals surface area contributed by atoms with Gasteiger partial charge in [0.2, 0.25) is 9.05 Å². The SMILES string of the molecule is CC1(C)CC2(CCOC2CS(=O)(=O)Cl)C1. The van der Waals surface area contributed by atoms with Crippen molar-refractivity contribution in [3.05, 3.63) is 0 Å². The minimum absolute atomic E-state index is 0.0371. The highest BCUT2D eigenvalue weighted by Crippen LogP contribution is 2.60. The van der Waals surface area contributed by atoms with Gasteiger partial charge in [0.05, 0.1) is 11.9 Å². The zero-order valence-electron chi connectivity index (χ0n) is 9.12. The maximum absolute atomic E-state index is 11.1. The van der Waals surface area contributed by atoms with E-state index in [2.05, 4.69) is 13.8 Å². The lowest BCUT2D eigenvalue weighted by molar-refractivity contribution is -0.0608. The van der Waals surface area contributed by atoms with Crippen molar-refractivity contribution in [1.82, 2.24) is 0 Å². The van der Waals surface area contributed by atoms with Crippen LogP contribution in [-0.2, 0) is 13.8 Å². The smallest absolute Gasteiger partial charge is 0.235 e. The lowest BCUT2D eigenvalue weighted by atomic mass is 9.52. The molecule has 1 saturated heterocycles. The van der Waals surface area contributed by atoms with Crippen molar-refractivity contribution >= 4 is 19.7 Å². The van der Waals surface area contributed by atoms with Crippen LogP contribution in [0.4, 0.5) is 0 Å². The molecule has 15 heavy (non-hydrogen) atoms. The number of rotatable bonds is 2. The van der Waals surface area contributed by atoms with Gasteiger partial charge in [0.1, 0.15) is 0 Å². The van der Waals surface area contributed by atoms with E-state index in [-0.39, 0.29) is 17.3 Å². The molecule has 1 spiro atoms. The summed E-state index contributed by atoms with van der Waals surface area (Å²) in [6.07, 6.45) is 2.90. The number of ether oxygens (including phenoxy) is 1. The van der Waals surface area contributed by atoms with Gasteiger partial charge >= 0.3 is 0 Å². The van der Waals surface area contributed by atoms with Crippen molar-refractivity contribution in [2.45, 2.75) is 39.2 Å². The van der Waals surface area contributed by atoms with Crippen LogP contribution in [0.2, 0.25) is 0 Å². The summed E-state index contributed by atoms with van der Waals surface area (Å²) in [6, 6.07) is 0. The Hall–Kier alpha value is 0.200. The van der Waals surface area contributed by atoms with Gasteiger partial charge in [-0.05, 0) is 24.7 Å². The Morgan fingerprint density at radius 2 is 2.00 bits per heavy atom. The Balaban J connectivity index is 2.08. The predicted octanol–water partition coefficient (Wildman–Crippen LogP) is 2.15. The second-order valence-corrected chi connectivity index (χ2v) is 8.52. The number of hydrogen-bond acceptors (Lipinski definition) is 3. The molecule has 0 aromatic heterocycles. The van der Waals surface area contributed by atoms with E-state index in [1.54, 1.807) is 0 Å². The highest BCUT2D eigenvalue weighted by Gasteiger charge is 2.57. The second-order valence-electron chi connectivity index (χ2n) is 5.70. The molecule has 1 aliphatic carbocycles. The summed E-state index contributed by atoms with van der Waals surface area (Å²) < 4.78 is 27.6. The molecular weight excluding hydrogens is 236 g/mol. The molecule has 1 unspecified atom stereocenters. The third kappa shape index (κ3) is 2.32. The highest BCUT2D eigenvalue weighted by atomic mass is 35.7. The monoisotopic (exact) mass is 252 g/mol. The third-order valence-electron chi connectivity index (χ3n) is 3.61. The molecule has 1 saturated carbocycles. The molecule has 0 amide bonds. The molecule has 88 valence electrons. The number of hydrogen-bond donors (Lipinski definition) is 0. The Bertz CT molecular complexity index is 353. The van der Waals surface area contributed by atoms with Crippen molar-refractivity contribution in [3.63, 3.8) is 0 Å². The van der Waals surface area contributed by atoms with Gasteiger partial charge in [-0.2, -0.15) is 0 Å². The van der Waals surface area contributed by atoms with Crippen LogP contribution < -0.4 is 0 Å². The summed E-state index contributed by atoms with van der Waals surface area (Å²) in [7, 11) is 1.84. The van der Waals surface area contributed by atoms with Crippen LogP contribution in [-0.4, -0.2) is 26.9 Å². The van der Waals surface area contributed by atoms with E-state index in [1.165, 1.54) is 0 Å². The van der Waals surface area contributed by atoms with Crippen LogP contribution in [0.5, 0.6) is 0 Å². The molecule has 5 heteroatoms. The normalized spacial score (nSPS) is 32.9. The van der Waals surface area contributed by atoms with Gasteiger partial charge in [-0.15, -0.1) is 0 Å². The van der Waals surface area contributed by atoms with Gasteiger partial charge in [0, 0.05) is 22.7 Å². The summed E-state index contributed by atoms with van der Waals surface area (Å²) in [6.45, 7) is 5.10. The minimum Gasteiger partial charge on any atom is -0.377 e. The van der Waals surface area contributed by atoms with E-state index in [0.717, 1.165) is 19.3 Å². The molecule has 2 fully saturated rings. The number of halogens is 1. The Kier molecular flexibility index (Phi) is 2.60. The van der Waals surface area contributed by atoms with Crippen molar-refractivity contribution in [2.75, 3.05) is 12.4 Å². The van der Waals surface area contributed by atoms with Crippen LogP contribution in [0.1, 0.15) is 33.1 Å². The fourth-order valence-electron chi connectivity index (χ4n) is 3.41. The van der Waals surface area contributed by atoms with Crippen molar-refractivity contribution in [2.24, 2.45) is 10.8 Å². The first kappa shape index (κ1) is 11.7. The molecule has 2 aliphatic rings. The van der Waals surface area contributed by atoms with Crippen LogP contribution in [0.15, 0.2) is 0 Å². The van der Waals surface area contributed by atoms with Gasteiger partial charge < -0.3 is 4.74 Å². The first-order chi connectivity index (χ1) is 6.73.